The lowest BCUT2D eigenvalue weighted by molar-refractivity contribution is -0.143. The zero-order valence-corrected chi connectivity index (χ0v) is 9.57. The van der Waals surface area contributed by atoms with Gasteiger partial charge in [0.2, 0.25) is 0 Å². The molecule has 1 aliphatic carbocycles. The van der Waals surface area contributed by atoms with Crippen molar-refractivity contribution in [2.45, 2.75) is 12.8 Å². The third-order valence-corrected chi connectivity index (χ3v) is 2.94. The molecule has 0 saturated heterocycles. The molecule has 7 heteroatoms. The molecule has 0 spiro atoms. The summed E-state index contributed by atoms with van der Waals surface area (Å²) in [5.74, 6) is -1.32. The summed E-state index contributed by atoms with van der Waals surface area (Å²) in [5.41, 5.74) is -0.661. The molecule has 1 aliphatic rings. The zero-order chi connectivity index (χ0) is 12.5. The number of aromatic nitrogens is 2. The van der Waals surface area contributed by atoms with Crippen molar-refractivity contribution < 1.29 is 14.7 Å². The Morgan fingerprint density at radius 3 is 2.59 bits per heavy atom. The first kappa shape index (κ1) is 11.8. The Kier molecular flexibility index (Phi) is 2.97. The van der Waals surface area contributed by atoms with Gasteiger partial charge in [0.25, 0.3) is 5.91 Å². The molecule has 1 aromatic heterocycles. The smallest absolute Gasteiger partial charge is 0.311 e. The highest BCUT2D eigenvalue weighted by Crippen LogP contribution is 2.45. The van der Waals surface area contributed by atoms with Crippen LogP contribution in [0.1, 0.15) is 23.3 Å². The lowest BCUT2D eigenvalue weighted by Crippen LogP contribution is -2.34. The largest absolute Gasteiger partial charge is 0.481 e. The maximum Gasteiger partial charge on any atom is 0.311 e. The lowest BCUT2D eigenvalue weighted by Gasteiger charge is -2.10. The predicted octanol–water partition coefficient (Wildman–Crippen LogP) is 0.725. The van der Waals surface area contributed by atoms with E-state index < -0.39 is 17.3 Å². The standard InChI is InChI=1S/C10H10ClN3O3/c11-7-4-12-6(3-13-7)8(15)14-5-10(1-2-10)9(16)17/h3-4H,1-2,5H2,(H,14,15)(H,16,17). The van der Waals surface area contributed by atoms with Crippen LogP contribution in [0, 0.1) is 5.41 Å². The van der Waals surface area contributed by atoms with Crippen LogP contribution in [-0.4, -0.2) is 33.5 Å². The molecule has 0 atom stereocenters. The van der Waals surface area contributed by atoms with Crippen molar-refractivity contribution in [3.8, 4) is 0 Å². The fourth-order valence-electron chi connectivity index (χ4n) is 1.39. The van der Waals surface area contributed by atoms with Crippen LogP contribution in [0.4, 0.5) is 0 Å². The first-order chi connectivity index (χ1) is 8.03. The molecule has 1 saturated carbocycles. The number of rotatable bonds is 4. The van der Waals surface area contributed by atoms with E-state index in [-0.39, 0.29) is 17.4 Å². The predicted molar refractivity (Wildman–Crippen MR) is 58.7 cm³/mol. The van der Waals surface area contributed by atoms with Gasteiger partial charge in [-0.2, -0.15) is 0 Å². The summed E-state index contributed by atoms with van der Waals surface area (Å²) in [6.07, 6.45) is 3.70. The summed E-state index contributed by atoms with van der Waals surface area (Å²) < 4.78 is 0. The van der Waals surface area contributed by atoms with Crippen LogP contribution in [0.25, 0.3) is 0 Å². The number of hydrogen-bond donors (Lipinski definition) is 2. The topological polar surface area (TPSA) is 92.2 Å². The molecule has 2 rings (SSSR count). The van der Waals surface area contributed by atoms with Gasteiger partial charge in [-0.3, -0.25) is 9.59 Å². The van der Waals surface area contributed by atoms with Crippen molar-refractivity contribution in [1.82, 2.24) is 15.3 Å². The molecule has 1 aromatic rings. The summed E-state index contributed by atoms with van der Waals surface area (Å²) in [4.78, 5) is 30.0. The highest BCUT2D eigenvalue weighted by molar-refractivity contribution is 6.29. The Morgan fingerprint density at radius 1 is 1.41 bits per heavy atom. The quantitative estimate of drug-likeness (QED) is 0.827. The number of hydrogen-bond acceptors (Lipinski definition) is 4. The van der Waals surface area contributed by atoms with Crippen molar-refractivity contribution in [2.24, 2.45) is 5.41 Å². The Balaban J connectivity index is 1.94. The second-order valence-electron chi connectivity index (χ2n) is 3.99. The van der Waals surface area contributed by atoms with Gasteiger partial charge in [0, 0.05) is 6.54 Å². The summed E-state index contributed by atoms with van der Waals surface area (Å²) in [7, 11) is 0. The molecule has 1 fully saturated rings. The normalized spacial score (nSPS) is 16.3. The minimum atomic E-state index is -0.875. The maximum absolute atomic E-state index is 11.6. The SMILES string of the molecule is O=C(NCC1(C(=O)O)CC1)c1cnc(Cl)cn1. The molecule has 0 aromatic carbocycles. The maximum atomic E-state index is 11.6. The molecule has 0 radical (unpaired) electrons. The molecule has 2 N–H and O–H groups in total. The van der Waals surface area contributed by atoms with Crippen LogP contribution in [0.15, 0.2) is 12.4 Å². The lowest BCUT2D eigenvalue weighted by atomic mass is 10.1. The second kappa shape index (κ2) is 4.29. The van der Waals surface area contributed by atoms with E-state index in [0.29, 0.717) is 12.8 Å². The van der Waals surface area contributed by atoms with E-state index in [0.717, 1.165) is 0 Å². The molecular weight excluding hydrogens is 246 g/mol. The van der Waals surface area contributed by atoms with E-state index in [4.69, 9.17) is 16.7 Å². The molecular formula is C10H10ClN3O3. The molecule has 17 heavy (non-hydrogen) atoms. The van der Waals surface area contributed by atoms with E-state index in [1.807, 2.05) is 0 Å². The van der Waals surface area contributed by atoms with Crippen molar-refractivity contribution >= 4 is 23.5 Å². The Hall–Kier alpha value is -1.69. The fraction of sp³-hybridized carbons (Fsp3) is 0.400. The highest BCUT2D eigenvalue weighted by Gasteiger charge is 2.50. The first-order valence-corrected chi connectivity index (χ1v) is 5.40. The Bertz CT molecular complexity index is 456. The van der Waals surface area contributed by atoms with E-state index in [2.05, 4.69) is 15.3 Å². The summed E-state index contributed by atoms with van der Waals surface area (Å²) >= 11 is 5.53. The number of nitrogens with one attached hydrogen (secondary N) is 1. The Labute approximate surface area is 102 Å². The third kappa shape index (κ3) is 2.52. The number of aliphatic carboxylic acids is 1. The number of carboxylic acids is 1. The number of carbonyl (C=O) groups is 2. The Morgan fingerprint density at radius 2 is 2.12 bits per heavy atom. The zero-order valence-electron chi connectivity index (χ0n) is 8.81. The molecule has 0 unspecified atom stereocenters. The third-order valence-electron chi connectivity index (χ3n) is 2.75. The molecule has 1 amide bonds. The van der Waals surface area contributed by atoms with Gasteiger partial charge < -0.3 is 10.4 Å². The van der Waals surface area contributed by atoms with Crippen LogP contribution in [0.5, 0.6) is 0 Å². The molecule has 0 bridgehead atoms. The van der Waals surface area contributed by atoms with Gasteiger partial charge in [-0.1, -0.05) is 11.6 Å². The van der Waals surface area contributed by atoms with Crippen LogP contribution in [-0.2, 0) is 4.79 Å². The van der Waals surface area contributed by atoms with E-state index >= 15 is 0 Å². The molecule has 1 heterocycles. The van der Waals surface area contributed by atoms with Gasteiger partial charge in [-0.15, -0.1) is 0 Å². The summed E-state index contributed by atoms with van der Waals surface area (Å²) in [6, 6.07) is 0. The van der Waals surface area contributed by atoms with Crippen molar-refractivity contribution in [2.75, 3.05) is 6.54 Å². The van der Waals surface area contributed by atoms with Gasteiger partial charge in [-0.25, -0.2) is 9.97 Å². The van der Waals surface area contributed by atoms with Crippen LogP contribution in [0.2, 0.25) is 5.15 Å². The van der Waals surface area contributed by atoms with Crippen molar-refractivity contribution in [1.29, 1.82) is 0 Å². The van der Waals surface area contributed by atoms with Crippen LogP contribution < -0.4 is 5.32 Å². The van der Waals surface area contributed by atoms with Crippen molar-refractivity contribution in [3.63, 3.8) is 0 Å². The average molecular weight is 256 g/mol. The number of halogens is 1. The van der Waals surface area contributed by atoms with Gasteiger partial charge in [0.05, 0.1) is 17.8 Å². The van der Waals surface area contributed by atoms with Crippen LogP contribution >= 0.6 is 11.6 Å². The second-order valence-corrected chi connectivity index (χ2v) is 4.38. The minimum Gasteiger partial charge on any atom is -0.481 e. The molecule has 90 valence electrons. The monoisotopic (exact) mass is 255 g/mol. The number of nitrogens with zero attached hydrogens (tertiary/aromatic N) is 2. The average Bonchev–Trinajstić information content (AvgIpc) is 3.08. The number of amides is 1. The van der Waals surface area contributed by atoms with Crippen LogP contribution in [0.3, 0.4) is 0 Å². The van der Waals surface area contributed by atoms with Gasteiger partial charge in [-0.05, 0) is 12.8 Å². The van der Waals surface area contributed by atoms with Gasteiger partial charge >= 0.3 is 5.97 Å². The minimum absolute atomic E-state index is 0.117. The number of carboxylic acid groups (broad SMARTS) is 1. The van der Waals surface area contributed by atoms with Crippen molar-refractivity contribution in [3.05, 3.63) is 23.2 Å². The van der Waals surface area contributed by atoms with Gasteiger partial charge in [0.1, 0.15) is 10.8 Å². The van der Waals surface area contributed by atoms with E-state index in [9.17, 15) is 9.59 Å². The summed E-state index contributed by atoms with van der Waals surface area (Å²) in [6.45, 7) is 0.117. The number of carbonyl (C=O) groups excluding carboxylic acids is 1. The van der Waals surface area contributed by atoms with E-state index in [1.165, 1.54) is 12.4 Å². The molecule has 6 nitrogen and oxygen atoms in total. The fourth-order valence-corrected chi connectivity index (χ4v) is 1.48. The summed E-state index contributed by atoms with van der Waals surface area (Å²) in [5, 5.41) is 11.7. The van der Waals surface area contributed by atoms with E-state index in [1.54, 1.807) is 0 Å². The first-order valence-electron chi connectivity index (χ1n) is 5.03. The highest BCUT2D eigenvalue weighted by atomic mass is 35.5. The van der Waals surface area contributed by atoms with Gasteiger partial charge in [0.15, 0.2) is 0 Å². The molecule has 0 aliphatic heterocycles.